The second kappa shape index (κ2) is 5.73. The largest absolute Gasteiger partial charge is 0.417 e. The predicted octanol–water partition coefficient (Wildman–Crippen LogP) is 2.86. The Morgan fingerprint density at radius 3 is 2.30 bits per heavy atom. The van der Waals surface area contributed by atoms with Crippen molar-refractivity contribution in [3.63, 3.8) is 0 Å². The average molecular weight is 351 g/mol. The summed E-state index contributed by atoms with van der Waals surface area (Å²) in [5, 5.41) is 0. The number of piperazine rings is 1. The summed E-state index contributed by atoms with van der Waals surface area (Å²) in [6, 6.07) is 3.41. The Labute approximate surface area is 123 Å². The topological polar surface area (TPSA) is 23.6 Å². The minimum Gasteiger partial charge on any atom is -0.336 e. The highest BCUT2D eigenvalue weighted by Gasteiger charge is 2.33. The second-order valence-corrected chi connectivity index (χ2v) is 5.64. The van der Waals surface area contributed by atoms with Crippen molar-refractivity contribution in [1.82, 2.24) is 9.80 Å². The number of benzene rings is 1. The van der Waals surface area contributed by atoms with E-state index in [1.807, 2.05) is 7.05 Å². The van der Waals surface area contributed by atoms with E-state index in [-0.39, 0.29) is 15.9 Å². The number of alkyl halides is 3. The zero-order chi connectivity index (χ0) is 14.9. The van der Waals surface area contributed by atoms with E-state index in [1.54, 1.807) is 4.90 Å². The van der Waals surface area contributed by atoms with Crippen LogP contribution in [0, 0.1) is 0 Å². The molecule has 20 heavy (non-hydrogen) atoms. The van der Waals surface area contributed by atoms with E-state index in [1.165, 1.54) is 12.1 Å². The molecule has 0 spiro atoms. The van der Waals surface area contributed by atoms with Crippen LogP contribution in [0.3, 0.4) is 0 Å². The van der Waals surface area contributed by atoms with E-state index in [0.717, 1.165) is 19.2 Å². The summed E-state index contributed by atoms with van der Waals surface area (Å²) in [5.74, 6) is -0.229. The summed E-state index contributed by atoms with van der Waals surface area (Å²) < 4.78 is 37.8. The molecule has 110 valence electrons. The van der Waals surface area contributed by atoms with E-state index in [4.69, 9.17) is 0 Å². The number of halogens is 4. The highest BCUT2D eigenvalue weighted by atomic mass is 79.9. The van der Waals surface area contributed by atoms with Crippen molar-refractivity contribution in [1.29, 1.82) is 0 Å². The van der Waals surface area contributed by atoms with Gasteiger partial charge in [0.15, 0.2) is 0 Å². The molecule has 0 N–H and O–H groups in total. The van der Waals surface area contributed by atoms with E-state index < -0.39 is 11.7 Å². The van der Waals surface area contributed by atoms with E-state index in [0.29, 0.717) is 13.1 Å². The molecule has 1 aliphatic heterocycles. The molecular weight excluding hydrogens is 337 g/mol. The van der Waals surface area contributed by atoms with Gasteiger partial charge in [-0.2, -0.15) is 13.2 Å². The summed E-state index contributed by atoms with van der Waals surface area (Å²) in [6.45, 7) is 2.73. The van der Waals surface area contributed by atoms with Gasteiger partial charge in [-0.25, -0.2) is 0 Å². The highest BCUT2D eigenvalue weighted by molar-refractivity contribution is 9.10. The number of carbonyl (C=O) groups excluding carboxylic acids is 1. The Morgan fingerprint density at radius 2 is 1.80 bits per heavy atom. The maximum atomic E-state index is 12.6. The molecule has 0 unspecified atom stereocenters. The Morgan fingerprint density at radius 1 is 1.20 bits per heavy atom. The van der Waals surface area contributed by atoms with Crippen molar-refractivity contribution < 1.29 is 18.0 Å². The number of likely N-dealkylation sites (N-methyl/N-ethyl adjacent to an activating group) is 1. The van der Waals surface area contributed by atoms with Gasteiger partial charge in [0, 0.05) is 36.2 Å². The van der Waals surface area contributed by atoms with Crippen LogP contribution < -0.4 is 0 Å². The van der Waals surface area contributed by atoms with Crippen LogP contribution in [0.5, 0.6) is 0 Å². The van der Waals surface area contributed by atoms with Crippen LogP contribution in [0.1, 0.15) is 15.9 Å². The smallest absolute Gasteiger partial charge is 0.336 e. The number of nitrogens with zero attached hydrogens (tertiary/aromatic N) is 2. The summed E-state index contributed by atoms with van der Waals surface area (Å²) in [4.78, 5) is 16.0. The Hall–Kier alpha value is -1.08. The van der Waals surface area contributed by atoms with Crippen LogP contribution in [-0.4, -0.2) is 48.9 Å². The molecule has 1 fully saturated rings. The fourth-order valence-electron chi connectivity index (χ4n) is 2.07. The van der Waals surface area contributed by atoms with Gasteiger partial charge < -0.3 is 9.80 Å². The average Bonchev–Trinajstić information content (AvgIpc) is 2.37. The van der Waals surface area contributed by atoms with Crippen LogP contribution in [0.15, 0.2) is 22.7 Å². The van der Waals surface area contributed by atoms with Crippen LogP contribution >= 0.6 is 15.9 Å². The minimum absolute atomic E-state index is 0.107. The summed E-state index contributed by atoms with van der Waals surface area (Å²) >= 11 is 2.89. The molecule has 1 aromatic rings. The van der Waals surface area contributed by atoms with Crippen molar-refractivity contribution in [2.75, 3.05) is 33.2 Å². The molecule has 1 saturated heterocycles. The normalized spacial score (nSPS) is 17.4. The third-order valence-corrected chi connectivity index (χ3v) is 3.97. The first-order valence-electron chi connectivity index (χ1n) is 6.13. The molecule has 0 saturated carbocycles. The first-order chi connectivity index (χ1) is 9.29. The van der Waals surface area contributed by atoms with E-state index >= 15 is 0 Å². The van der Waals surface area contributed by atoms with Crippen molar-refractivity contribution in [3.05, 3.63) is 33.8 Å². The van der Waals surface area contributed by atoms with Gasteiger partial charge >= 0.3 is 6.18 Å². The molecule has 0 aliphatic carbocycles. The maximum Gasteiger partial charge on any atom is 0.417 e. The molecule has 1 heterocycles. The van der Waals surface area contributed by atoms with Gasteiger partial charge in [0.25, 0.3) is 5.91 Å². The number of hydrogen-bond acceptors (Lipinski definition) is 2. The molecule has 0 bridgehead atoms. The molecular formula is C13H14BrF3N2O. The van der Waals surface area contributed by atoms with E-state index in [9.17, 15) is 18.0 Å². The van der Waals surface area contributed by atoms with Crippen LogP contribution in [0.2, 0.25) is 0 Å². The summed E-state index contributed by atoms with van der Waals surface area (Å²) in [7, 11) is 1.97. The summed E-state index contributed by atoms with van der Waals surface area (Å²) in [6.07, 6.45) is -4.42. The number of amides is 1. The maximum absolute atomic E-state index is 12.6. The molecule has 0 atom stereocenters. The second-order valence-electron chi connectivity index (χ2n) is 4.79. The molecule has 1 amide bonds. The molecule has 3 nitrogen and oxygen atoms in total. The minimum atomic E-state index is -4.42. The van der Waals surface area contributed by atoms with Crippen LogP contribution in [0.25, 0.3) is 0 Å². The zero-order valence-electron chi connectivity index (χ0n) is 10.9. The quantitative estimate of drug-likeness (QED) is 0.777. The Balaban J connectivity index is 2.17. The zero-order valence-corrected chi connectivity index (χ0v) is 12.5. The summed E-state index contributed by atoms with van der Waals surface area (Å²) in [5.41, 5.74) is -0.498. The van der Waals surface area contributed by atoms with Crippen molar-refractivity contribution in [2.45, 2.75) is 6.18 Å². The van der Waals surface area contributed by atoms with Crippen LogP contribution in [0.4, 0.5) is 13.2 Å². The van der Waals surface area contributed by atoms with Crippen molar-refractivity contribution in [2.24, 2.45) is 0 Å². The van der Waals surface area contributed by atoms with Gasteiger partial charge in [-0.1, -0.05) is 15.9 Å². The van der Waals surface area contributed by atoms with Crippen molar-refractivity contribution in [3.8, 4) is 0 Å². The molecule has 1 aliphatic rings. The predicted molar refractivity (Wildman–Crippen MR) is 72.5 cm³/mol. The van der Waals surface area contributed by atoms with Gasteiger partial charge in [0.2, 0.25) is 0 Å². The third kappa shape index (κ3) is 3.32. The van der Waals surface area contributed by atoms with Gasteiger partial charge in [-0.3, -0.25) is 4.79 Å². The van der Waals surface area contributed by atoms with Crippen LogP contribution in [-0.2, 0) is 6.18 Å². The molecule has 1 aromatic carbocycles. The van der Waals surface area contributed by atoms with Gasteiger partial charge in [0.1, 0.15) is 0 Å². The number of carbonyl (C=O) groups is 1. The highest BCUT2D eigenvalue weighted by Crippen LogP contribution is 2.35. The standard InChI is InChI=1S/C13H14BrF3N2O/c1-18-4-6-19(7-5-18)12(20)9-2-3-10(11(14)8-9)13(15,16)17/h2-3,8H,4-7H2,1H3. The molecule has 0 aromatic heterocycles. The molecule has 0 radical (unpaired) electrons. The Bertz CT molecular complexity index is 511. The fraction of sp³-hybridized carbons (Fsp3) is 0.462. The first kappa shape index (κ1) is 15.3. The lowest BCUT2D eigenvalue weighted by atomic mass is 10.1. The van der Waals surface area contributed by atoms with Gasteiger partial charge in [0.05, 0.1) is 5.56 Å². The number of rotatable bonds is 1. The lowest BCUT2D eigenvalue weighted by Gasteiger charge is -2.32. The Kier molecular flexibility index (Phi) is 4.39. The third-order valence-electron chi connectivity index (χ3n) is 3.31. The number of hydrogen-bond donors (Lipinski definition) is 0. The SMILES string of the molecule is CN1CCN(C(=O)c2ccc(C(F)(F)F)c(Br)c2)CC1. The lowest BCUT2D eigenvalue weighted by Crippen LogP contribution is -2.47. The van der Waals surface area contributed by atoms with Gasteiger partial charge in [-0.05, 0) is 25.2 Å². The fourth-order valence-corrected chi connectivity index (χ4v) is 2.67. The molecule has 7 heteroatoms. The lowest BCUT2D eigenvalue weighted by molar-refractivity contribution is -0.138. The molecule has 2 rings (SSSR count). The monoisotopic (exact) mass is 350 g/mol. The first-order valence-corrected chi connectivity index (χ1v) is 6.93. The van der Waals surface area contributed by atoms with Gasteiger partial charge in [-0.15, -0.1) is 0 Å². The van der Waals surface area contributed by atoms with Crippen molar-refractivity contribution >= 4 is 21.8 Å². The van der Waals surface area contributed by atoms with E-state index in [2.05, 4.69) is 20.8 Å².